The lowest BCUT2D eigenvalue weighted by molar-refractivity contribution is -0.134. The maximum atomic E-state index is 13.2. The maximum absolute atomic E-state index is 13.2. The van der Waals surface area contributed by atoms with E-state index in [1.54, 1.807) is 31.1 Å². The Morgan fingerprint density at radius 1 is 1.12 bits per heavy atom. The standard InChI is InChI=1S/C18H26FN3O2/c1-22(2)15(13-7-9-14(19)10-8-13)16(23)21-18(17(20)24)11-5-3-4-6-12-18/h7-10,15H,3-6,11-12H2,1-2H3,(H2,20,24)(H,21,23)/t15-/m0/s1. The second-order valence-corrected chi connectivity index (χ2v) is 6.77. The van der Waals surface area contributed by atoms with Crippen LogP contribution >= 0.6 is 0 Å². The Labute approximate surface area is 142 Å². The van der Waals surface area contributed by atoms with Crippen molar-refractivity contribution in [2.24, 2.45) is 5.73 Å². The molecule has 132 valence electrons. The van der Waals surface area contributed by atoms with E-state index in [1.807, 2.05) is 0 Å². The summed E-state index contributed by atoms with van der Waals surface area (Å²) in [5.74, 6) is -1.12. The average molecular weight is 335 g/mol. The van der Waals surface area contributed by atoms with Crippen molar-refractivity contribution in [2.45, 2.75) is 50.1 Å². The molecule has 0 heterocycles. The van der Waals surface area contributed by atoms with Crippen LogP contribution in [0.4, 0.5) is 4.39 Å². The van der Waals surface area contributed by atoms with Gasteiger partial charge in [-0.05, 0) is 44.6 Å². The van der Waals surface area contributed by atoms with E-state index in [9.17, 15) is 14.0 Å². The summed E-state index contributed by atoms with van der Waals surface area (Å²) in [5, 5.41) is 2.92. The SMILES string of the molecule is CN(C)[C@H](C(=O)NC1(C(N)=O)CCCCCC1)c1ccc(F)cc1. The van der Waals surface area contributed by atoms with Crippen molar-refractivity contribution >= 4 is 11.8 Å². The number of nitrogens with zero attached hydrogens (tertiary/aromatic N) is 1. The van der Waals surface area contributed by atoms with Crippen molar-refractivity contribution < 1.29 is 14.0 Å². The molecule has 3 N–H and O–H groups in total. The van der Waals surface area contributed by atoms with E-state index >= 15 is 0 Å². The Morgan fingerprint density at radius 3 is 2.12 bits per heavy atom. The lowest BCUT2D eigenvalue weighted by Crippen LogP contribution is -2.59. The smallest absolute Gasteiger partial charge is 0.243 e. The summed E-state index contributed by atoms with van der Waals surface area (Å²) in [7, 11) is 3.55. The zero-order valence-corrected chi connectivity index (χ0v) is 14.3. The van der Waals surface area contributed by atoms with Gasteiger partial charge in [-0.15, -0.1) is 0 Å². The van der Waals surface area contributed by atoms with E-state index in [2.05, 4.69) is 5.32 Å². The molecule has 1 atom stereocenters. The normalized spacial score (nSPS) is 18.7. The van der Waals surface area contributed by atoms with Gasteiger partial charge in [-0.1, -0.05) is 37.8 Å². The molecule has 1 saturated carbocycles. The molecule has 0 unspecified atom stereocenters. The fourth-order valence-corrected chi connectivity index (χ4v) is 3.40. The maximum Gasteiger partial charge on any atom is 0.243 e. The molecule has 2 amide bonds. The summed E-state index contributed by atoms with van der Waals surface area (Å²) < 4.78 is 13.2. The molecule has 24 heavy (non-hydrogen) atoms. The second-order valence-electron chi connectivity index (χ2n) is 6.77. The van der Waals surface area contributed by atoms with Crippen molar-refractivity contribution in [2.75, 3.05) is 14.1 Å². The number of halogens is 1. The molecule has 0 saturated heterocycles. The molecule has 1 fully saturated rings. The van der Waals surface area contributed by atoms with Crippen molar-refractivity contribution in [1.82, 2.24) is 10.2 Å². The van der Waals surface area contributed by atoms with Crippen molar-refractivity contribution in [3.8, 4) is 0 Å². The van der Waals surface area contributed by atoms with Crippen molar-refractivity contribution in [3.63, 3.8) is 0 Å². The summed E-state index contributed by atoms with van der Waals surface area (Å²) >= 11 is 0. The van der Waals surface area contributed by atoms with Crippen molar-refractivity contribution in [3.05, 3.63) is 35.6 Å². The van der Waals surface area contributed by atoms with Gasteiger partial charge in [0.05, 0.1) is 0 Å². The Bertz CT molecular complexity index is 578. The van der Waals surface area contributed by atoms with E-state index in [0.717, 1.165) is 25.7 Å². The molecule has 0 aromatic heterocycles. The number of likely N-dealkylation sites (N-methyl/N-ethyl adjacent to an activating group) is 1. The van der Waals surface area contributed by atoms with Gasteiger partial charge in [0.25, 0.3) is 0 Å². The van der Waals surface area contributed by atoms with Crippen LogP contribution in [-0.2, 0) is 9.59 Å². The van der Waals surface area contributed by atoms with Crippen LogP contribution < -0.4 is 11.1 Å². The minimum Gasteiger partial charge on any atom is -0.368 e. The fourth-order valence-electron chi connectivity index (χ4n) is 3.40. The number of hydrogen-bond donors (Lipinski definition) is 2. The number of carbonyl (C=O) groups is 2. The topological polar surface area (TPSA) is 75.4 Å². The van der Waals surface area contributed by atoms with Crippen LogP contribution in [0.1, 0.15) is 50.1 Å². The molecule has 0 aliphatic heterocycles. The minimum atomic E-state index is -0.984. The zero-order valence-electron chi connectivity index (χ0n) is 14.3. The number of primary amides is 1. The molecule has 0 spiro atoms. The third-order valence-corrected chi connectivity index (χ3v) is 4.74. The number of nitrogens with two attached hydrogens (primary N) is 1. The van der Waals surface area contributed by atoms with E-state index in [1.165, 1.54) is 12.1 Å². The highest BCUT2D eigenvalue weighted by molar-refractivity contribution is 5.92. The van der Waals surface area contributed by atoms with E-state index in [4.69, 9.17) is 5.73 Å². The van der Waals surface area contributed by atoms with Gasteiger partial charge >= 0.3 is 0 Å². The molecule has 2 rings (SSSR count). The van der Waals surface area contributed by atoms with E-state index in [0.29, 0.717) is 18.4 Å². The van der Waals surface area contributed by atoms with Crippen LogP contribution in [0, 0.1) is 5.82 Å². The van der Waals surface area contributed by atoms with Crippen LogP contribution in [0.3, 0.4) is 0 Å². The summed E-state index contributed by atoms with van der Waals surface area (Å²) in [6.07, 6.45) is 4.95. The molecule has 0 bridgehead atoms. The number of amides is 2. The number of rotatable bonds is 5. The molecule has 1 aliphatic rings. The predicted octanol–water partition coefficient (Wildman–Crippen LogP) is 2.12. The molecule has 1 aliphatic carbocycles. The van der Waals surface area contributed by atoms with Gasteiger partial charge < -0.3 is 11.1 Å². The molecule has 6 heteroatoms. The first-order chi connectivity index (χ1) is 11.4. The van der Waals surface area contributed by atoms with E-state index < -0.39 is 17.5 Å². The predicted molar refractivity (Wildman–Crippen MR) is 90.6 cm³/mol. The second kappa shape index (κ2) is 7.75. The highest BCUT2D eigenvalue weighted by Crippen LogP contribution is 2.29. The zero-order chi connectivity index (χ0) is 17.7. The minimum absolute atomic E-state index is 0.285. The third kappa shape index (κ3) is 4.12. The molecule has 5 nitrogen and oxygen atoms in total. The van der Waals surface area contributed by atoms with Crippen LogP contribution in [0.2, 0.25) is 0 Å². The summed E-state index contributed by atoms with van der Waals surface area (Å²) in [6.45, 7) is 0. The number of nitrogens with one attached hydrogen (secondary N) is 1. The third-order valence-electron chi connectivity index (χ3n) is 4.74. The quantitative estimate of drug-likeness (QED) is 0.809. The van der Waals surface area contributed by atoms with Gasteiger partial charge in [-0.2, -0.15) is 0 Å². The highest BCUT2D eigenvalue weighted by Gasteiger charge is 2.40. The molecular formula is C18H26FN3O2. The Morgan fingerprint density at radius 2 is 1.67 bits per heavy atom. The van der Waals surface area contributed by atoms with Gasteiger partial charge in [-0.25, -0.2) is 4.39 Å². The molecule has 1 aromatic rings. The molecular weight excluding hydrogens is 309 g/mol. The number of carbonyl (C=O) groups excluding carboxylic acids is 2. The lowest BCUT2D eigenvalue weighted by Gasteiger charge is -2.34. The van der Waals surface area contributed by atoms with Gasteiger partial charge in [0, 0.05) is 0 Å². The Balaban J connectivity index is 2.25. The van der Waals surface area contributed by atoms with Gasteiger partial charge in [0.1, 0.15) is 17.4 Å². The first-order valence-electron chi connectivity index (χ1n) is 8.39. The van der Waals surface area contributed by atoms with Crippen LogP contribution in [-0.4, -0.2) is 36.3 Å². The van der Waals surface area contributed by atoms with Gasteiger partial charge in [0.15, 0.2) is 0 Å². The summed E-state index contributed by atoms with van der Waals surface area (Å²) in [6, 6.07) is 5.22. The monoisotopic (exact) mass is 335 g/mol. The lowest BCUT2D eigenvalue weighted by atomic mass is 9.88. The Hall–Kier alpha value is -1.95. The van der Waals surface area contributed by atoms with E-state index in [-0.39, 0.29) is 11.7 Å². The summed E-state index contributed by atoms with van der Waals surface area (Å²) in [5.41, 5.74) is 5.33. The fraction of sp³-hybridized carbons (Fsp3) is 0.556. The van der Waals surface area contributed by atoms with Crippen LogP contribution in [0.25, 0.3) is 0 Å². The molecule has 0 radical (unpaired) electrons. The van der Waals surface area contributed by atoms with Gasteiger partial charge in [0.2, 0.25) is 11.8 Å². The highest BCUT2D eigenvalue weighted by atomic mass is 19.1. The van der Waals surface area contributed by atoms with Crippen LogP contribution in [0.15, 0.2) is 24.3 Å². The first kappa shape index (κ1) is 18.4. The largest absolute Gasteiger partial charge is 0.368 e. The molecule has 1 aromatic carbocycles. The number of benzene rings is 1. The van der Waals surface area contributed by atoms with Crippen LogP contribution in [0.5, 0.6) is 0 Å². The number of hydrogen-bond acceptors (Lipinski definition) is 3. The van der Waals surface area contributed by atoms with Crippen molar-refractivity contribution in [1.29, 1.82) is 0 Å². The first-order valence-corrected chi connectivity index (χ1v) is 8.39. The average Bonchev–Trinajstić information content (AvgIpc) is 2.75. The summed E-state index contributed by atoms with van der Waals surface area (Å²) in [4.78, 5) is 26.7. The van der Waals surface area contributed by atoms with Gasteiger partial charge in [-0.3, -0.25) is 14.5 Å². The Kier molecular flexibility index (Phi) is 5.94.